The molecule has 1 aliphatic heterocycles. The van der Waals surface area contributed by atoms with Crippen LogP contribution in [0.1, 0.15) is 55.0 Å². The molecular formula is C17H22N6O2. The summed E-state index contributed by atoms with van der Waals surface area (Å²) >= 11 is 0. The van der Waals surface area contributed by atoms with Crippen molar-refractivity contribution >= 4 is 11.8 Å². The molecule has 132 valence electrons. The van der Waals surface area contributed by atoms with Crippen LogP contribution in [-0.4, -0.2) is 43.4 Å². The number of aromatic nitrogens is 4. The lowest BCUT2D eigenvalue weighted by molar-refractivity contribution is -0.126. The Hall–Kier alpha value is -2.77. The first-order valence-electron chi connectivity index (χ1n) is 8.40. The van der Waals surface area contributed by atoms with Crippen molar-refractivity contribution in [3.63, 3.8) is 0 Å². The second-order valence-electron chi connectivity index (χ2n) is 6.73. The highest BCUT2D eigenvalue weighted by atomic mass is 16.2. The Morgan fingerprint density at radius 3 is 2.72 bits per heavy atom. The number of hydrogen-bond donors (Lipinski definition) is 2. The molecule has 1 aliphatic rings. The highest BCUT2D eigenvalue weighted by Gasteiger charge is 2.34. The van der Waals surface area contributed by atoms with E-state index in [9.17, 15) is 9.59 Å². The largest absolute Gasteiger partial charge is 0.344 e. The Bertz CT molecular complexity index is 758. The van der Waals surface area contributed by atoms with Crippen LogP contribution in [0.2, 0.25) is 0 Å². The van der Waals surface area contributed by atoms with Gasteiger partial charge < -0.3 is 10.2 Å². The monoisotopic (exact) mass is 342 g/mol. The summed E-state index contributed by atoms with van der Waals surface area (Å²) < 4.78 is 0. The van der Waals surface area contributed by atoms with Crippen LogP contribution in [-0.2, 0) is 11.3 Å². The minimum Gasteiger partial charge on any atom is -0.344 e. The molecule has 0 bridgehead atoms. The van der Waals surface area contributed by atoms with Crippen molar-refractivity contribution in [2.45, 2.75) is 45.8 Å². The second-order valence-corrected chi connectivity index (χ2v) is 6.73. The number of nitrogens with one attached hydrogen (secondary N) is 2. The van der Waals surface area contributed by atoms with E-state index in [0.717, 1.165) is 5.56 Å². The molecule has 0 radical (unpaired) electrons. The number of tetrazole rings is 1. The average molecular weight is 342 g/mol. The Kier molecular flexibility index (Phi) is 4.78. The predicted molar refractivity (Wildman–Crippen MR) is 90.3 cm³/mol. The lowest BCUT2D eigenvalue weighted by Crippen LogP contribution is -2.46. The molecular weight excluding hydrogens is 320 g/mol. The maximum absolute atomic E-state index is 12.7. The fraction of sp³-hybridized carbons (Fsp3) is 0.471. The number of H-pyrrole nitrogens is 1. The normalized spacial score (nSPS) is 16.0. The third kappa shape index (κ3) is 3.52. The molecule has 2 heterocycles. The van der Waals surface area contributed by atoms with Crippen LogP contribution in [0.5, 0.6) is 0 Å². The van der Waals surface area contributed by atoms with Crippen molar-refractivity contribution in [3.05, 3.63) is 41.2 Å². The summed E-state index contributed by atoms with van der Waals surface area (Å²) in [6.07, 6.45) is 0.687. The van der Waals surface area contributed by atoms with E-state index in [-0.39, 0.29) is 17.9 Å². The number of amides is 2. The Morgan fingerprint density at radius 2 is 2.08 bits per heavy atom. The molecule has 0 spiro atoms. The summed E-state index contributed by atoms with van der Waals surface area (Å²) in [6.45, 7) is 6.30. The number of nitrogens with zero attached hydrogens (tertiary/aromatic N) is 4. The molecule has 1 aromatic carbocycles. The summed E-state index contributed by atoms with van der Waals surface area (Å²) in [4.78, 5) is 26.8. The van der Waals surface area contributed by atoms with Gasteiger partial charge in [0.2, 0.25) is 5.91 Å². The Labute approximate surface area is 146 Å². The molecule has 2 N–H and O–H groups in total. The molecule has 2 unspecified atom stereocenters. The van der Waals surface area contributed by atoms with Crippen molar-refractivity contribution in [2.24, 2.45) is 5.92 Å². The van der Waals surface area contributed by atoms with Gasteiger partial charge in [0, 0.05) is 12.1 Å². The van der Waals surface area contributed by atoms with E-state index < -0.39 is 6.04 Å². The molecule has 3 rings (SSSR count). The lowest BCUT2D eigenvalue weighted by atomic mass is 10.0. The van der Waals surface area contributed by atoms with Crippen molar-refractivity contribution in [2.75, 3.05) is 0 Å². The van der Waals surface area contributed by atoms with E-state index in [1.165, 1.54) is 0 Å². The Morgan fingerprint density at radius 1 is 1.32 bits per heavy atom. The third-order valence-corrected chi connectivity index (χ3v) is 4.39. The number of aromatic amines is 1. The van der Waals surface area contributed by atoms with Crippen LogP contribution in [0.15, 0.2) is 24.3 Å². The van der Waals surface area contributed by atoms with Crippen molar-refractivity contribution in [3.8, 4) is 0 Å². The summed E-state index contributed by atoms with van der Waals surface area (Å²) in [5, 5.41) is 16.9. The van der Waals surface area contributed by atoms with Crippen molar-refractivity contribution in [1.82, 2.24) is 30.8 Å². The first-order chi connectivity index (χ1) is 12.0. The zero-order chi connectivity index (χ0) is 18.0. The Balaban J connectivity index is 1.71. The van der Waals surface area contributed by atoms with Crippen molar-refractivity contribution < 1.29 is 9.59 Å². The minimum absolute atomic E-state index is 0.113. The molecule has 2 atom stereocenters. The summed E-state index contributed by atoms with van der Waals surface area (Å²) in [5.74, 6) is 0.455. The van der Waals surface area contributed by atoms with Crippen molar-refractivity contribution in [1.29, 1.82) is 0 Å². The van der Waals surface area contributed by atoms with E-state index in [1.54, 1.807) is 17.9 Å². The van der Waals surface area contributed by atoms with Gasteiger partial charge in [0.05, 0.1) is 6.04 Å². The van der Waals surface area contributed by atoms with Crippen LogP contribution in [0.3, 0.4) is 0 Å². The highest BCUT2D eigenvalue weighted by molar-refractivity contribution is 6.01. The molecule has 8 nitrogen and oxygen atoms in total. The van der Waals surface area contributed by atoms with Crippen LogP contribution in [0.4, 0.5) is 0 Å². The van der Waals surface area contributed by atoms with E-state index in [2.05, 4.69) is 39.8 Å². The maximum Gasteiger partial charge on any atom is 0.255 e. The average Bonchev–Trinajstić information content (AvgIpc) is 3.22. The van der Waals surface area contributed by atoms with Crippen LogP contribution in [0, 0.1) is 5.92 Å². The first kappa shape index (κ1) is 17.1. The summed E-state index contributed by atoms with van der Waals surface area (Å²) in [6, 6.07) is 6.52. The fourth-order valence-corrected chi connectivity index (χ4v) is 3.04. The van der Waals surface area contributed by atoms with Crippen LogP contribution in [0.25, 0.3) is 0 Å². The predicted octanol–water partition coefficient (Wildman–Crippen LogP) is 1.45. The summed E-state index contributed by atoms with van der Waals surface area (Å²) in [7, 11) is 0. The standard InChI is InChI=1S/C17H22N6O2/c1-10(2)8-14(15-19-21-22-20-15)18-16(24)11(3)23-9-12-6-4-5-7-13(12)17(23)25/h4-7,10-11,14H,8-9H2,1-3H3,(H,18,24)(H,19,20,21,22). The van der Waals surface area contributed by atoms with E-state index in [1.807, 2.05) is 18.2 Å². The number of fused-ring (bicyclic) bond motifs is 1. The molecule has 25 heavy (non-hydrogen) atoms. The molecule has 0 aliphatic carbocycles. The van der Waals surface area contributed by atoms with Gasteiger partial charge in [-0.3, -0.25) is 9.59 Å². The SMILES string of the molecule is CC(C)CC(NC(=O)C(C)N1Cc2ccccc2C1=O)c1nn[nH]n1. The van der Waals surface area contributed by atoms with E-state index >= 15 is 0 Å². The van der Waals surface area contributed by atoms with E-state index in [0.29, 0.717) is 30.3 Å². The van der Waals surface area contributed by atoms with E-state index in [4.69, 9.17) is 0 Å². The lowest BCUT2D eigenvalue weighted by Gasteiger charge is -2.26. The molecule has 2 aromatic rings. The van der Waals surface area contributed by atoms with Gasteiger partial charge in [-0.2, -0.15) is 5.21 Å². The van der Waals surface area contributed by atoms with Gasteiger partial charge >= 0.3 is 0 Å². The number of hydrogen-bond acceptors (Lipinski definition) is 5. The van der Waals surface area contributed by atoms with Gasteiger partial charge in [0.1, 0.15) is 6.04 Å². The van der Waals surface area contributed by atoms with Gasteiger partial charge in [-0.15, -0.1) is 10.2 Å². The molecule has 0 saturated heterocycles. The molecule has 2 amide bonds. The number of benzene rings is 1. The van der Waals surface area contributed by atoms with Gasteiger partial charge in [-0.1, -0.05) is 37.3 Å². The zero-order valence-corrected chi connectivity index (χ0v) is 14.6. The molecule has 0 saturated carbocycles. The number of rotatable bonds is 6. The fourth-order valence-electron chi connectivity index (χ4n) is 3.04. The number of carbonyl (C=O) groups excluding carboxylic acids is 2. The molecule has 8 heteroatoms. The quantitative estimate of drug-likeness (QED) is 0.827. The zero-order valence-electron chi connectivity index (χ0n) is 14.6. The van der Waals surface area contributed by atoms with Gasteiger partial charge in [-0.25, -0.2) is 0 Å². The first-order valence-corrected chi connectivity index (χ1v) is 8.40. The number of carbonyl (C=O) groups is 2. The van der Waals surface area contributed by atoms with Crippen LogP contribution < -0.4 is 5.32 Å². The smallest absolute Gasteiger partial charge is 0.255 e. The second kappa shape index (κ2) is 7.00. The topological polar surface area (TPSA) is 104 Å². The third-order valence-electron chi connectivity index (χ3n) is 4.39. The maximum atomic E-state index is 12.7. The summed E-state index contributed by atoms with van der Waals surface area (Å²) in [5.41, 5.74) is 1.61. The molecule has 0 fully saturated rings. The van der Waals surface area contributed by atoms with Crippen LogP contribution >= 0.6 is 0 Å². The minimum atomic E-state index is -0.582. The van der Waals surface area contributed by atoms with Gasteiger partial charge in [0.15, 0.2) is 5.82 Å². The molecule has 1 aromatic heterocycles. The van der Waals surface area contributed by atoms with Gasteiger partial charge in [-0.05, 0) is 30.9 Å². The van der Waals surface area contributed by atoms with Gasteiger partial charge in [0.25, 0.3) is 5.91 Å². The highest BCUT2D eigenvalue weighted by Crippen LogP contribution is 2.25.